The Morgan fingerprint density at radius 3 is 2.21 bits per heavy atom. The molecular weight excluding hydrogens is 238 g/mol. The van der Waals surface area contributed by atoms with Gasteiger partial charge in [0.05, 0.1) is 13.2 Å². The lowest BCUT2D eigenvalue weighted by atomic mass is 9.93. The van der Waals surface area contributed by atoms with Crippen LogP contribution in [0.2, 0.25) is 0 Å². The van der Waals surface area contributed by atoms with E-state index in [2.05, 4.69) is 33.0 Å². The Hall–Kier alpha value is -0.120. The topological polar surface area (TPSA) is 30.5 Å². The molecule has 0 aromatic heterocycles. The number of methoxy groups -OCH3 is 1. The van der Waals surface area contributed by atoms with Crippen LogP contribution in [0.3, 0.4) is 0 Å². The largest absolute Gasteiger partial charge is 0.382 e. The third-order valence-corrected chi connectivity index (χ3v) is 3.12. The van der Waals surface area contributed by atoms with Crippen LogP contribution in [-0.2, 0) is 9.47 Å². The van der Waals surface area contributed by atoms with E-state index in [0.29, 0.717) is 6.61 Å². The van der Waals surface area contributed by atoms with Crippen LogP contribution in [0.25, 0.3) is 0 Å². The number of hydrogen-bond donors (Lipinski definition) is 1. The monoisotopic (exact) mass is 273 g/mol. The van der Waals surface area contributed by atoms with E-state index >= 15 is 0 Å². The Morgan fingerprint density at radius 2 is 1.63 bits per heavy atom. The molecule has 0 fully saturated rings. The molecule has 0 aromatic carbocycles. The summed E-state index contributed by atoms with van der Waals surface area (Å²) in [6.07, 6.45) is 3.73. The summed E-state index contributed by atoms with van der Waals surface area (Å²) in [4.78, 5) is 0. The van der Waals surface area contributed by atoms with E-state index in [1.54, 1.807) is 7.11 Å². The van der Waals surface area contributed by atoms with E-state index in [1.807, 2.05) is 0 Å². The van der Waals surface area contributed by atoms with Gasteiger partial charge in [-0.1, -0.05) is 27.7 Å². The molecule has 0 aliphatic rings. The van der Waals surface area contributed by atoms with Gasteiger partial charge >= 0.3 is 0 Å². The van der Waals surface area contributed by atoms with Crippen LogP contribution >= 0.6 is 0 Å². The van der Waals surface area contributed by atoms with Crippen molar-refractivity contribution < 1.29 is 9.47 Å². The average molecular weight is 273 g/mol. The number of nitrogens with one attached hydrogen (secondary N) is 1. The van der Waals surface area contributed by atoms with Crippen molar-refractivity contribution in [3.05, 3.63) is 0 Å². The highest BCUT2D eigenvalue weighted by atomic mass is 16.5. The standard InChI is InChI=1S/C16H35NO2/c1-14(2)11-16(13-17-12-15(3)4)7-6-8-19-10-9-18-5/h14-17H,6-13H2,1-5H3. The van der Waals surface area contributed by atoms with Gasteiger partial charge in [-0.05, 0) is 50.1 Å². The molecule has 0 aliphatic heterocycles. The second-order valence-corrected chi connectivity index (χ2v) is 6.30. The molecule has 0 bridgehead atoms. The molecule has 0 saturated carbocycles. The highest BCUT2D eigenvalue weighted by molar-refractivity contribution is 4.65. The molecule has 0 heterocycles. The summed E-state index contributed by atoms with van der Waals surface area (Å²) in [7, 11) is 1.71. The first-order valence-electron chi connectivity index (χ1n) is 7.83. The molecule has 116 valence electrons. The second kappa shape index (κ2) is 12.9. The van der Waals surface area contributed by atoms with Gasteiger partial charge in [-0.3, -0.25) is 0 Å². The molecular formula is C16H35NO2. The minimum absolute atomic E-state index is 0.700. The van der Waals surface area contributed by atoms with Crippen molar-refractivity contribution in [2.24, 2.45) is 17.8 Å². The van der Waals surface area contributed by atoms with E-state index < -0.39 is 0 Å². The quantitative estimate of drug-likeness (QED) is 0.522. The molecule has 0 rings (SSSR count). The van der Waals surface area contributed by atoms with Crippen LogP contribution in [-0.4, -0.2) is 40.0 Å². The zero-order valence-electron chi connectivity index (χ0n) is 13.7. The van der Waals surface area contributed by atoms with Gasteiger partial charge in [-0.25, -0.2) is 0 Å². The van der Waals surface area contributed by atoms with Crippen LogP contribution in [0, 0.1) is 17.8 Å². The maximum atomic E-state index is 5.53. The van der Waals surface area contributed by atoms with Crippen molar-refractivity contribution in [3.8, 4) is 0 Å². The predicted octanol–water partition coefficient (Wildman–Crippen LogP) is 3.34. The number of ether oxygens (including phenoxy) is 2. The summed E-state index contributed by atoms with van der Waals surface area (Å²) in [5.74, 6) is 2.29. The third kappa shape index (κ3) is 14.1. The maximum Gasteiger partial charge on any atom is 0.0700 e. The summed E-state index contributed by atoms with van der Waals surface area (Å²) < 4.78 is 10.5. The molecule has 3 heteroatoms. The van der Waals surface area contributed by atoms with Crippen molar-refractivity contribution >= 4 is 0 Å². The first kappa shape index (κ1) is 18.9. The molecule has 0 spiro atoms. The Bertz CT molecular complexity index is 184. The lowest BCUT2D eigenvalue weighted by Crippen LogP contribution is -2.27. The molecule has 0 aliphatic carbocycles. The Kier molecular flexibility index (Phi) is 12.8. The zero-order valence-corrected chi connectivity index (χ0v) is 13.7. The van der Waals surface area contributed by atoms with Crippen molar-refractivity contribution in [1.82, 2.24) is 5.32 Å². The van der Waals surface area contributed by atoms with Crippen molar-refractivity contribution in [2.45, 2.75) is 47.0 Å². The SMILES string of the molecule is COCCOCCCC(CNCC(C)C)CC(C)C. The summed E-state index contributed by atoms with van der Waals surface area (Å²) in [6.45, 7) is 13.7. The Morgan fingerprint density at radius 1 is 0.895 bits per heavy atom. The summed E-state index contributed by atoms with van der Waals surface area (Å²) in [6, 6.07) is 0. The lowest BCUT2D eigenvalue weighted by Gasteiger charge is -2.20. The number of rotatable bonds is 13. The summed E-state index contributed by atoms with van der Waals surface area (Å²) in [5, 5.41) is 3.59. The molecule has 0 aromatic rings. The molecule has 0 saturated heterocycles. The van der Waals surface area contributed by atoms with Crippen LogP contribution in [0.5, 0.6) is 0 Å². The lowest BCUT2D eigenvalue weighted by molar-refractivity contribution is 0.0668. The van der Waals surface area contributed by atoms with E-state index in [4.69, 9.17) is 9.47 Å². The molecule has 3 nitrogen and oxygen atoms in total. The van der Waals surface area contributed by atoms with Gasteiger partial charge in [-0.15, -0.1) is 0 Å². The van der Waals surface area contributed by atoms with E-state index in [9.17, 15) is 0 Å². The fourth-order valence-electron chi connectivity index (χ4n) is 2.26. The first-order valence-corrected chi connectivity index (χ1v) is 7.83. The van der Waals surface area contributed by atoms with E-state index in [0.717, 1.165) is 50.5 Å². The highest BCUT2D eigenvalue weighted by Crippen LogP contribution is 2.16. The Labute approximate surface area is 120 Å². The number of hydrogen-bond acceptors (Lipinski definition) is 3. The fourth-order valence-corrected chi connectivity index (χ4v) is 2.26. The van der Waals surface area contributed by atoms with Gasteiger partial charge in [0.25, 0.3) is 0 Å². The van der Waals surface area contributed by atoms with Gasteiger partial charge in [0.2, 0.25) is 0 Å². The minimum atomic E-state index is 0.700. The predicted molar refractivity (Wildman–Crippen MR) is 82.6 cm³/mol. The highest BCUT2D eigenvalue weighted by Gasteiger charge is 2.10. The molecule has 0 amide bonds. The van der Waals surface area contributed by atoms with E-state index in [1.165, 1.54) is 12.8 Å². The fraction of sp³-hybridized carbons (Fsp3) is 1.00. The van der Waals surface area contributed by atoms with Gasteiger partial charge < -0.3 is 14.8 Å². The molecule has 0 radical (unpaired) electrons. The molecule has 1 N–H and O–H groups in total. The third-order valence-electron chi connectivity index (χ3n) is 3.12. The summed E-state index contributed by atoms with van der Waals surface area (Å²) >= 11 is 0. The maximum absolute atomic E-state index is 5.53. The van der Waals surface area contributed by atoms with Crippen LogP contribution < -0.4 is 5.32 Å². The van der Waals surface area contributed by atoms with Crippen molar-refractivity contribution in [3.63, 3.8) is 0 Å². The zero-order chi connectivity index (χ0) is 14.5. The second-order valence-electron chi connectivity index (χ2n) is 6.30. The van der Waals surface area contributed by atoms with Crippen molar-refractivity contribution in [2.75, 3.05) is 40.0 Å². The first-order chi connectivity index (χ1) is 9.06. The molecule has 19 heavy (non-hydrogen) atoms. The van der Waals surface area contributed by atoms with Crippen molar-refractivity contribution in [1.29, 1.82) is 0 Å². The van der Waals surface area contributed by atoms with Gasteiger partial charge in [0.15, 0.2) is 0 Å². The van der Waals surface area contributed by atoms with Gasteiger partial charge in [-0.2, -0.15) is 0 Å². The van der Waals surface area contributed by atoms with Crippen LogP contribution in [0.4, 0.5) is 0 Å². The van der Waals surface area contributed by atoms with Crippen LogP contribution in [0.1, 0.15) is 47.0 Å². The minimum Gasteiger partial charge on any atom is -0.382 e. The smallest absolute Gasteiger partial charge is 0.0700 e. The molecule has 1 unspecified atom stereocenters. The van der Waals surface area contributed by atoms with Crippen LogP contribution in [0.15, 0.2) is 0 Å². The molecule has 1 atom stereocenters. The van der Waals surface area contributed by atoms with Gasteiger partial charge in [0, 0.05) is 13.7 Å². The normalized spacial score (nSPS) is 13.4. The average Bonchev–Trinajstić information content (AvgIpc) is 2.32. The van der Waals surface area contributed by atoms with Gasteiger partial charge in [0.1, 0.15) is 0 Å². The van der Waals surface area contributed by atoms with E-state index in [-0.39, 0.29) is 0 Å². The Balaban J connectivity index is 3.67. The summed E-state index contributed by atoms with van der Waals surface area (Å²) in [5.41, 5.74) is 0.